The van der Waals surface area contributed by atoms with E-state index in [1.807, 2.05) is 13.0 Å². The monoisotopic (exact) mass is 287 g/mol. The third-order valence-corrected chi connectivity index (χ3v) is 3.71. The first-order valence-corrected chi connectivity index (χ1v) is 7.78. The second-order valence-corrected chi connectivity index (χ2v) is 6.16. The van der Waals surface area contributed by atoms with E-state index in [9.17, 15) is 0 Å². The molecule has 0 aliphatic carbocycles. The van der Waals surface area contributed by atoms with Crippen molar-refractivity contribution in [1.29, 1.82) is 0 Å². The number of nitrogens with zero attached hydrogens (tertiary/aromatic N) is 3. The number of aromatic nitrogens is 2. The molecule has 0 aliphatic rings. The molecule has 20 heavy (non-hydrogen) atoms. The largest absolute Gasteiger partial charge is 0.309 e. The number of thioether (sulfide) groups is 1. The van der Waals surface area contributed by atoms with Gasteiger partial charge in [0.25, 0.3) is 0 Å². The van der Waals surface area contributed by atoms with Crippen LogP contribution in [0.4, 0.5) is 0 Å². The summed E-state index contributed by atoms with van der Waals surface area (Å²) in [6, 6.07) is 12.5. The minimum absolute atomic E-state index is 0.867. The third kappa shape index (κ3) is 4.94. The smallest absolute Gasteiger partial charge is 0.188 e. The maximum Gasteiger partial charge on any atom is 0.188 e. The minimum Gasteiger partial charge on any atom is -0.309 e. The first-order valence-electron chi connectivity index (χ1n) is 6.79. The van der Waals surface area contributed by atoms with Crippen molar-refractivity contribution in [3.63, 3.8) is 0 Å². The third-order valence-electron chi connectivity index (χ3n) is 2.88. The predicted molar refractivity (Wildman–Crippen MR) is 85.3 cm³/mol. The fourth-order valence-corrected chi connectivity index (χ4v) is 2.91. The average Bonchev–Trinajstić information content (AvgIpc) is 2.38. The Morgan fingerprint density at radius 3 is 2.55 bits per heavy atom. The van der Waals surface area contributed by atoms with Crippen LogP contribution in [0, 0.1) is 6.92 Å². The molecule has 0 aliphatic heterocycles. The highest BCUT2D eigenvalue weighted by atomic mass is 32.2. The molecule has 1 heterocycles. The molecule has 0 atom stereocenters. The second-order valence-electron chi connectivity index (χ2n) is 5.10. The van der Waals surface area contributed by atoms with Crippen molar-refractivity contribution in [3.05, 3.63) is 53.3 Å². The van der Waals surface area contributed by atoms with Crippen LogP contribution in [-0.2, 0) is 6.42 Å². The summed E-state index contributed by atoms with van der Waals surface area (Å²) in [5.74, 6) is 1.02. The van der Waals surface area contributed by atoms with Gasteiger partial charge in [-0.2, -0.15) is 0 Å². The fourth-order valence-electron chi connectivity index (χ4n) is 1.88. The first-order chi connectivity index (χ1) is 9.63. The Labute approximate surface area is 125 Å². The van der Waals surface area contributed by atoms with Crippen LogP contribution < -0.4 is 0 Å². The molecule has 0 saturated heterocycles. The Bertz CT molecular complexity index is 541. The number of hydrogen-bond donors (Lipinski definition) is 0. The lowest BCUT2D eigenvalue weighted by atomic mass is 10.1. The van der Waals surface area contributed by atoms with Gasteiger partial charge in [-0.05, 0) is 32.6 Å². The van der Waals surface area contributed by atoms with Gasteiger partial charge in [-0.3, -0.25) is 0 Å². The minimum atomic E-state index is 0.867. The molecule has 0 saturated carbocycles. The summed E-state index contributed by atoms with van der Waals surface area (Å²) in [4.78, 5) is 11.3. The van der Waals surface area contributed by atoms with Crippen molar-refractivity contribution < 1.29 is 0 Å². The van der Waals surface area contributed by atoms with Crippen molar-refractivity contribution in [2.24, 2.45) is 0 Å². The number of aryl methyl sites for hydroxylation is 1. The maximum absolute atomic E-state index is 4.66. The molecule has 106 valence electrons. The Balaban J connectivity index is 2.04. The number of hydrogen-bond acceptors (Lipinski definition) is 4. The quantitative estimate of drug-likeness (QED) is 0.603. The van der Waals surface area contributed by atoms with Crippen LogP contribution >= 0.6 is 11.8 Å². The molecular weight excluding hydrogens is 266 g/mol. The van der Waals surface area contributed by atoms with E-state index < -0.39 is 0 Å². The van der Waals surface area contributed by atoms with E-state index in [1.165, 1.54) is 5.56 Å². The number of rotatable bonds is 6. The maximum atomic E-state index is 4.66. The van der Waals surface area contributed by atoms with Crippen LogP contribution in [-0.4, -0.2) is 41.3 Å². The average molecular weight is 287 g/mol. The highest BCUT2D eigenvalue weighted by molar-refractivity contribution is 7.99. The van der Waals surface area contributed by atoms with Crippen LogP contribution in [0.2, 0.25) is 0 Å². The van der Waals surface area contributed by atoms with E-state index in [0.29, 0.717) is 0 Å². The van der Waals surface area contributed by atoms with Gasteiger partial charge in [0.15, 0.2) is 5.16 Å². The molecule has 1 aromatic carbocycles. The van der Waals surface area contributed by atoms with Crippen LogP contribution in [0.1, 0.15) is 17.0 Å². The van der Waals surface area contributed by atoms with Gasteiger partial charge in [-0.25, -0.2) is 9.97 Å². The van der Waals surface area contributed by atoms with Gasteiger partial charge >= 0.3 is 0 Å². The van der Waals surface area contributed by atoms with Crippen LogP contribution in [0.3, 0.4) is 0 Å². The molecule has 0 unspecified atom stereocenters. The molecule has 1 aromatic heterocycles. The van der Waals surface area contributed by atoms with Crippen molar-refractivity contribution in [3.8, 4) is 0 Å². The summed E-state index contributed by atoms with van der Waals surface area (Å²) in [5, 5.41) is 0.887. The highest BCUT2D eigenvalue weighted by Gasteiger charge is 2.04. The molecule has 0 spiro atoms. The van der Waals surface area contributed by atoms with Crippen molar-refractivity contribution >= 4 is 11.8 Å². The van der Waals surface area contributed by atoms with E-state index in [2.05, 4.69) is 59.3 Å². The van der Waals surface area contributed by atoms with Crippen molar-refractivity contribution in [1.82, 2.24) is 14.9 Å². The van der Waals surface area contributed by atoms with Crippen LogP contribution in [0.15, 0.2) is 41.6 Å². The van der Waals surface area contributed by atoms with Crippen LogP contribution in [0.5, 0.6) is 0 Å². The zero-order chi connectivity index (χ0) is 14.4. The molecule has 0 N–H and O–H groups in total. The molecule has 0 bridgehead atoms. The summed E-state index contributed by atoms with van der Waals surface area (Å²) in [6.07, 6.45) is 0.867. The predicted octanol–water partition coefficient (Wildman–Crippen LogP) is 3.03. The summed E-state index contributed by atoms with van der Waals surface area (Å²) in [7, 11) is 4.16. The topological polar surface area (TPSA) is 29.0 Å². The van der Waals surface area contributed by atoms with Gasteiger partial charge in [-0.1, -0.05) is 42.1 Å². The Morgan fingerprint density at radius 1 is 1.10 bits per heavy atom. The van der Waals surface area contributed by atoms with Gasteiger partial charge in [0, 0.05) is 30.1 Å². The normalized spacial score (nSPS) is 11.0. The lowest BCUT2D eigenvalue weighted by Crippen LogP contribution is -2.15. The Kier molecular flexibility index (Phi) is 5.56. The lowest BCUT2D eigenvalue weighted by molar-refractivity contribution is 0.437. The molecule has 0 radical (unpaired) electrons. The molecule has 0 amide bonds. The fraction of sp³-hybridized carbons (Fsp3) is 0.375. The summed E-state index contributed by atoms with van der Waals surface area (Å²) in [6.45, 7) is 3.07. The van der Waals surface area contributed by atoms with E-state index in [-0.39, 0.29) is 0 Å². The molecule has 0 fully saturated rings. The van der Waals surface area contributed by atoms with E-state index in [0.717, 1.165) is 35.3 Å². The summed E-state index contributed by atoms with van der Waals surface area (Å²) in [5.41, 5.74) is 3.42. The van der Waals surface area contributed by atoms with Gasteiger partial charge in [-0.15, -0.1) is 0 Å². The Morgan fingerprint density at radius 2 is 1.85 bits per heavy atom. The van der Waals surface area contributed by atoms with Crippen molar-refractivity contribution in [2.75, 3.05) is 26.4 Å². The number of benzene rings is 1. The zero-order valence-electron chi connectivity index (χ0n) is 12.3. The van der Waals surface area contributed by atoms with Gasteiger partial charge < -0.3 is 4.90 Å². The molecule has 2 aromatic rings. The lowest BCUT2D eigenvalue weighted by Gasteiger charge is -2.09. The van der Waals surface area contributed by atoms with E-state index in [1.54, 1.807) is 11.8 Å². The summed E-state index contributed by atoms with van der Waals surface area (Å²) >= 11 is 1.72. The second kappa shape index (κ2) is 7.41. The van der Waals surface area contributed by atoms with E-state index in [4.69, 9.17) is 0 Å². The molecule has 3 nitrogen and oxygen atoms in total. The first kappa shape index (κ1) is 15.0. The van der Waals surface area contributed by atoms with E-state index >= 15 is 0 Å². The van der Waals surface area contributed by atoms with Gasteiger partial charge in [0.2, 0.25) is 0 Å². The zero-order valence-corrected chi connectivity index (χ0v) is 13.2. The van der Waals surface area contributed by atoms with Gasteiger partial charge in [0.1, 0.15) is 0 Å². The molecule has 4 heteroatoms. The SMILES string of the molecule is Cc1cc(Cc2ccccc2)nc(SCCN(C)C)n1. The molecule has 2 rings (SSSR count). The molecular formula is C16H21N3S. The Hall–Kier alpha value is -1.39. The van der Waals surface area contributed by atoms with Gasteiger partial charge in [0.05, 0.1) is 0 Å². The summed E-state index contributed by atoms with van der Waals surface area (Å²) < 4.78 is 0. The highest BCUT2D eigenvalue weighted by Crippen LogP contribution is 2.16. The standard InChI is InChI=1S/C16H21N3S/c1-13-11-15(12-14-7-5-4-6-8-14)18-16(17-13)20-10-9-19(2)3/h4-8,11H,9-10,12H2,1-3H3. The van der Waals surface area contributed by atoms with Crippen molar-refractivity contribution in [2.45, 2.75) is 18.5 Å². The van der Waals surface area contributed by atoms with Crippen LogP contribution in [0.25, 0.3) is 0 Å².